The maximum Gasteiger partial charge on any atom is 0.248 e. The first-order chi connectivity index (χ1) is 7.66. The Hall–Kier alpha value is -1.68. The van der Waals surface area contributed by atoms with Crippen LogP contribution in [0.25, 0.3) is 11.3 Å². The van der Waals surface area contributed by atoms with Crippen molar-refractivity contribution >= 4 is 21.8 Å². The smallest absolute Gasteiger partial charge is 0.248 e. The molecule has 0 unspecified atom stereocenters. The van der Waals surface area contributed by atoms with Crippen LogP contribution in [0.5, 0.6) is 0 Å². The molecule has 0 fully saturated rings. The number of benzene rings is 1. The molecule has 0 atom stereocenters. The summed E-state index contributed by atoms with van der Waals surface area (Å²) >= 11 is 3.36. The van der Waals surface area contributed by atoms with Gasteiger partial charge in [0.1, 0.15) is 0 Å². The van der Waals surface area contributed by atoms with Gasteiger partial charge < -0.3 is 5.73 Å². The summed E-state index contributed by atoms with van der Waals surface area (Å²) in [6.45, 7) is 0. The number of hydrogen-bond acceptors (Lipinski definition) is 2. The third-order valence-electron chi connectivity index (χ3n) is 2.18. The summed E-state index contributed by atoms with van der Waals surface area (Å²) in [7, 11) is 0. The highest BCUT2D eigenvalue weighted by Crippen LogP contribution is 2.20. The molecule has 0 radical (unpaired) electrons. The molecule has 0 spiro atoms. The molecule has 0 aliphatic carbocycles. The second-order valence-corrected chi connectivity index (χ2v) is 4.22. The SMILES string of the molecule is NC(=O)c1ccnc(-c2ccc(Br)cc2)c1. The molecule has 2 aromatic rings. The van der Waals surface area contributed by atoms with E-state index in [9.17, 15) is 4.79 Å². The zero-order chi connectivity index (χ0) is 11.5. The first-order valence-corrected chi connectivity index (χ1v) is 5.48. The predicted molar refractivity (Wildman–Crippen MR) is 65.9 cm³/mol. The Morgan fingerprint density at radius 3 is 2.50 bits per heavy atom. The lowest BCUT2D eigenvalue weighted by atomic mass is 10.1. The minimum Gasteiger partial charge on any atom is -0.366 e. The first-order valence-electron chi connectivity index (χ1n) is 4.68. The number of carbonyl (C=O) groups is 1. The van der Waals surface area contributed by atoms with Gasteiger partial charge >= 0.3 is 0 Å². The van der Waals surface area contributed by atoms with E-state index in [0.29, 0.717) is 5.56 Å². The Balaban J connectivity index is 2.44. The van der Waals surface area contributed by atoms with Gasteiger partial charge in [-0.2, -0.15) is 0 Å². The Labute approximate surface area is 101 Å². The van der Waals surface area contributed by atoms with Crippen LogP contribution in [0.4, 0.5) is 0 Å². The van der Waals surface area contributed by atoms with Crippen LogP contribution in [0.3, 0.4) is 0 Å². The summed E-state index contributed by atoms with van der Waals surface area (Å²) < 4.78 is 1.00. The van der Waals surface area contributed by atoms with E-state index in [0.717, 1.165) is 15.7 Å². The third kappa shape index (κ3) is 2.28. The van der Waals surface area contributed by atoms with Crippen LogP contribution in [0.15, 0.2) is 47.1 Å². The number of aromatic nitrogens is 1. The largest absolute Gasteiger partial charge is 0.366 e. The Bertz CT molecular complexity index is 523. The van der Waals surface area contributed by atoms with Gasteiger partial charge in [-0.3, -0.25) is 9.78 Å². The lowest BCUT2D eigenvalue weighted by molar-refractivity contribution is 0.1000. The van der Waals surface area contributed by atoms with Crippen molar-refractivity contribution in [3.63, 3.8) is 0 Å². The molecular weight excluding hydrogens is 268 g/mol. The van der Waals surface area contributed by atoms with Crippen LogP contribution in [0.1, 0.15) is 10.4 Å². The molecule has 1 heterocycles. The van der Waals surface area contributed by atoms with Crippen molar-refractivity contribution in [2.45, 2.75) is 0 Å². The van der Waals surface area contributed by atoms with E-state index < -0.39 is 5.91 Å². The van der Waals surface area contributed by atoms with Crippen molar-refractivity contribution in [1.82, 2.24) is 4.98 Å². The van der Waals surface area contributed by atoms with Crippen molar-refractivity contribution in [2.75, 3.05) is 0 Å². The summed E-state index contributed by atoms with van der Waals surface area (Å²) in [5.74, 6) is -0.444. The molecule has 0 bridgehead atoms. The molecule has 3 nitrogen and oxygen atoms in total. The number of nitrogens with two attached hydrogens (primary N) is 1. The number of amides is 1. The van der Waals surface area contributed by atoms with Crippen LogP contribution >= 0.6 is 15.9 Å². The fraction of sp³-hybridized carbons (Fsp3) is 0. The molecular formula is C12H9BrN2O. The average molecular weight is 277 g/mol. The quantitative estimate of drug-likeness (QED) is 0.917. The minimum atomic E-state index is -0.444. The topological polar surface area (TPSA) is 56.0 Å². The lowest BCUT2D eigenvalue weighted by Crippen LogP contribution is -2.10. The van der Waals surface area contributed by atoms with Gasteiger partial charge in [-0.1, -0.05) is 28.1 Å². The molecule has 0 saturated carbocycles. The predicted octanol–water partition coefficient (Wildman–Crippen LogP) is 2.61. The Morgan fingerprint density at radius 1 is 1.19 bits per heavy atom. The van der Waals surface area contributed by atoms with E-state index in [1.54, 1.807) is 18.3 Å². The third-order valence-corrected chi connectivity index (χ3v) is 2.71. The Kier molecular flexibility index (Phi) is 3.01. The Morgan fingerprint density at radius 2 is 1.88 bits per heavy atom. The van der Waals surface area contributed by atoms with E-state index >= 15 is 0 Å². The van der Waals surface area contributed by atoms with Gasteiger partial charge in [0.25, 0.3) is 0 Å². The monoisotopic (exact) mass is 276 g/mol. The molecule has 4 heteroatoms. The average Bonchev–Trinajstić information content (AvgIpc) is 2.30. The standard InChI is InChI=1S/C12H9BrN2O/c13-10-3-1-8(2-4-10)11-7-9(12(14)16)5-6-15-11/h1-7H,(H2,14,16). The molecule has 16 heavy (non-hydrogen) atoms. The van der Waals surface area contributed by atoms with Crippen molar-refractivity contribution in [2.24, 2.45) is 5.73 Å². The second kappa shape index (κ2) is 4.45. The molecule has 2 N–H and O–H groups in total. The van der Waals surface area contributed by atoms with Gasteiger partial charge in [-0.25, -0.2) is 0 Å². The minimum absolute atomic E-state index is 0.444. The van der Waals surface area contributed by atoms with Crippen LogP contribution in [-0.4, -0.2) is 10.9 Å². The fourth-order valence-electron chi connectivity index (χ4n) is 1.36. The van der Waals surface area contributed by atoms with Crippen molar-refractivity contribution in [3.05, 3.63) is 52.6 Å². The van der Waals surface area contributed by atoms with E-state index in [2.05, 4.69) is 20.9 Å². The summed E-state index contributed by atoms with van der Waals surface area (Å²) in [6.07, 6.45) is 1.58. The molecule has 0 saturated heterocycles. The molecule has 0 aliphatic rings. The number of hydrogen-bond donors (Lipinski definition) is 1. The number of rotatable bonds is 2. The highest BCUT2D eigenvalue weighted by molar-refractivity contribution is 9.10. The van der Waals surface area contributed by atoms with E-state index in [4.69, 9.17) is 5.73 Å². The zero-order valence-electron chi connectivity index (χ0n) is 8.35. The summed E-state index contributed by atoms with van der Waals surface area (Å²) in [5.41, 5.74) is 7.37. The first kappa shape index (κ1) is 10.8. The van der Waals surface area contributed by atoms with Crippen molar-refractivity contribution < 1.29 is 4.79 Å². The van der Waals surface area contributed by atoms with Crippen LogP contribution in [0.2, 0.25) is 0 Å². The van der Waals surface area contributed by atoms with E-state index in [-0.39, 0.29) is 0 Å². The fourth-order valence-corrected chi connectivity index (χ4v) is 1.63. The number of carbonyl (C=O) groups excluding carboxylic acids is 1. The molecule has 0 aliphatic heterocycles. The maximum atomic E-state index is 11.0. The highest BCUT2D eigenvalue weighted by atomic mass is 79.9. The molecule has 80 valence electrons. The number of nitrogens with zero attached hydrogens (tertiary/aromatic N) is 1. The second-order valence-electron chi connectivity index (χ2n) is 3.30. The number of primary amides is 1. The number of halogens is 1. The maximum absolute atomic E-state index is 11.0. The molecule has 2 rings (SSSR count). The summed E-state index contributed by atoms with van der Waals surface area (Å²) in [4.78, 5) is 15.2. The molecule has 1 amide bonds. The molecule has 1 aromatic heterocycles. The van der Waals surface area contributed by atoms with Gasteiger partial charge in [0.2, 0.25) is 5.91 Å². The van der Waals surface area contributed by atoms with E-state index in [1.807, 2.05) is 24.3 Å². The van der Waals surface area contributed by atoms with E-state index in [1.165, 1.54) is 0 Å². The zero-order valence-corrected chi connectivity index (χ0v) is 9.94. The van der Waals surface area contributed by atoms with Gasteiger partial charge in [0.05, 0.1) is 5.69 Å². The van der Waals surface area contributed by atoms with Crippen LogP contribution < -0.4 is 5.73 Å². The van der Waals surface area contributed by atoms with Crippen LogP contribution in [-0.2, 0) is 0 Å². The lowest BCUT2D eigenvalue weighted by Gasteiger charge is -2.02. The van der Waals surface area contributed by atoms with Gasteiger partial charge in [-0.05, 0) is 24.3 Å². The van der Waals surface area contributed by atoms with Crippen molar-refractivity contribution in [3.8, 4) is 11.3 Å². The van der Waals surface area contributed by atoms with Crippen LogP contribution in [0, 0.1) is 0 Å². The normalized spacial score (nSPS) is 10.1. The summed E-state index contributed by atoms with van der Waals surface area (Å²) in [6, 6.07) is 11.0. The van der Waals surface area contributed by atoms with Crippen molar-refractivity contribution in [1.29, 1.82) is 0 Å². The molecule has 1 aromatic carbocycles. The number of pyridine rings is 1. The van der Waals surface area contributed by atoms with Gasteiger partial charge in [-0.15, -0.1) is 0 Å². The highest BCUT2D eigenvalue weighted by Gasteiger charge is 2.04. The summed E-state index contributed by atoms with van der Waals surface area (Å²) in [5, 5.41) is 0. The van der Waals surface area contributed by atoms with Gasteiger partial charge in [0, 0.05) is 21.8 Å². The van der Waals surface area contributed by atoms with Gasteiger partial charge in [0.15, 0.2) is 0 Å².